The highest BCUT2D eigenvalue weighted by Gasteiger charge is 2.55. The van der Waals surface area contributed by atoms with Crippen LogP contribution in [0.2, 0.25) is 5.02 Å². The minimum Gasteiger partial charge on any atom is -0.349 e. The Morgan fingerprint density at radius 1 is 1.32 bits per heavy atom. The Bertz CT molecular complexity index is 627. The third-order valence-corrected chi connectivity index (χ3v) is 5.87. The van der Waals surface area contributed by atoms with Crippen molar-refractivity contribution < 1.29 is 9.18 Å². The van der Waals surface area contributed by atoms with Crippen molar-refractivity contribution >= 4 is 17.5 Å². The zero-order valence-corrected chi connectivity index (χ0v) is 16.1. The highest BCUT2D eigenvalue weighted by Crippen LogP contribution is 2.54. The standard InChI is InChI=1S/C20H28ClFN2O/c1-19(2,3)4-7-24-8-5-20(6-9-24)13-17(20)23-18(25)14-10-15(21)12-16(22)11-14/h10-12,17H,4-9,13H2,1-3H3,(H,23,25). The van der Waals surface area contributed by atoms with Gasteiger partial charge in [0.15, 0.2) is 0 Å². The van der Waals surface area contributed by atoms with Crippen molar-refractivity contribution in [3.8, 4) is 0 Å². The Labute approximate surface area is 154 Å². The Hall–Kier alpha value is -1.13. The lowest BCUT2D eigenvalue weighted by atomic mass is 9.89. The summed E-state index contributed by atoms with van der Waals surface area (Å²) in [6.07, 6.45) is 4.51. The SMILES string of the molecule is CC(C)(C)CCN1CCC2(CC1)CC2NC(=O)c1cc(F)cc(Cl)c1. The molecule has 1 unspecified atom stereocenters. The molecule has 0 aromatic heterocycles. The van der Waals surface area contributed by atoms with Crippen molar-refractivity contribution in [1.29, 1.82) is 0 Å². The number of hydrogen-bond acceptors (Lipinski definition) is 2. The number of piperidine rings is 1. The molecule has 1 atom stereocenters. The maximum Gasteiger partial charge on any atom is 0.251 e. The monoisotopic (exact) mass is 366 g/mol. The van der Waals surface area contributed by atoms with Gasteiger partial charge in [-0.25, -0.2) is 4.39 Å². The van der Waals surface area contributed by atoms with Crippen molar-refractivity contribution in [3.63, 3.8) is 0 Å². The molecular weight excluding hydrogens is 339 g/mol. The normalized spacial score (nSPS) is 22.8. The summed E-state index contributed by atoms with van der Waals surface area (Å²) in [5, 5.41) is 3.33. The molecule has 1 aliphatic heterocycles. The van der Waals surface area contributed by atoms with Crippen molar-refractivity contribution in [1.82, 2.24) is 10.2 Å². The number of carbonyl (C=O) groups is 1. The van der Waals surface area contributed by atoms with Crippen molar-refractivity contribution in [2.45, 2.75) is 52.5 Å². The van der Waals surface area contributed by atoms with Gasteiger partial charge in [0.25, 0.3) is 5.91 Å². The molecule has 3 nitrogen and oxygen atoms in total. The predicted molar refractivity (Wildman–Crippen MR) is 99.5 cm³/mol. The maximum atomic E-state index is 13.4. The van der Waals surface area contributed by atoms with Crippen LogP contribution in [0.4, 0.5) is 4.39 Å². The second kappa shape index (κ2) is 6.88. The summed E-state index contributed by atoms with van der Waals surface area (Å²) in [4.78, 5) is 14.9. The quantitative estimate of drug-likeness (QED) is 0.850. The van der Waals surface area contributed by atoms with E-state index in [2.05, 4.69) is 31.0 Å². The summed E-state index contributed by atoms with van der Waals surface area (Å²) in [7, 11) is 0. The van der Waals surface area contributed by atoms with E-state index in [9.17, 15) is 9.18 Å². The van der Waals surface area contributed by atoms with Crippen LogP contribution in [0.15, 0.2) is 18.2 Å². The van der Waals surface area contributed by atoms with Crippen LogP contribution < -0.4 is 5.32 Å². The largest absolute Gasteiger partial charge is 0.349 e. The lowest BCUT2D eigenvalue weighted by Gasteiger charge is -2.34. The van der Waals surface area contributed by atoms with Crippen LogP contribution in [0, 0.1) is 16.6 Å². The third-order valence-electron chi connectivity index (χ3n) is 5.65. The summed E-state index contributed by atoms with van der Waals surface area (Å²) in [5.41, 5.74) is 0.928. The summed E-state index contributed by atoms with van der Waals surface area (Å²) < 4.78 is 13.4. The Balaban J connectivity index is 1.49. The molecule has 1 saturated carbocycles. The van der Waals surface area contributed by atoms with Gasteiger partial charge < -0.3 is 10.2 Å². The van der Waals surface area contributed by atoms with Gasteiger partial charge in [0.1, 0.15) is 5.82 Å². The molecule has 1 spiro atoms. The van der Waals surface area contributed by atoms with Crippen molar-refractivity contribution in [3.05, 3.63) is 34.6 Å². The van der Waals surface area contributed by atoms with Crippen LogP contribution in [0.1, 0.15) is 56.8 Å². The highest BCUT2D eigenvalue weighted by atomic mass is 35.5. The molecule has 1 aromatic carbocycles. The number of benzene rings is 1. The van der Waals surface area contributed by atoms with Crippen LogP contribution in [-0.2, 0) is 0 Å². The van der Waals surface area contributed by atoms with E-state index in [-0.39, 0.29) is 22.4 Å². The fourth-order valence-corrected chi connectivity index (χ4v) is 3.97. The number of nitrogens with one attached hydrogen (secondary N) is 1. The smallest absolute Gasteiger partial charge is 0.251 e. The molecule has 5 heteroatoms. The number of carbonyl (C=O) groups excluding carboxylic acids is 1. The Kier molecular flexibility index (Phi) is 5.13. The van der Waals surface area contributed by atoms with Gasteiger partial charge in [-0.1, -0.05) is 32.4 Å². The van der Waals surface area contributed by atoms with Gasteiger partial charge in [0.05, 0.1) is 0 Å². The summed E-state index contributed by atoms with van der Waals surface area (Å²) in [6, 6.07) is 4.19. The summed E-state index contributed by atoms with van der Waals surface area (Å²) in [6.45, 7) is 10.2. The first-order valence-corrected chi connectivity index (χ1v) is 9.54. The zero-order chi connectivity index (χ0) is 18.2. The summed E-state index contributed by atoms with van der Waals surface area (Å²) in [5.74, 6) is -0.700. The number of halogens is 2. The van der Waals surface area contributed by atoms with E-state index < -0.39 is 5.82 Å². The zero-order valence-electron chi connectivity index (χ0n) is 15.4. The highest BCUT2D eigenvalue weighted by molar-refractivity contribution is 6.31. The van der Waals surface area contributed by atoms with Crippen LogP contribution in [0.25, 0.3) is 0 Å². The minimum absolute atomic E-state index is 0.215. The topological polar surface area (TPSA) is 32.3 Å². The molecular formula is C20H28ClFN2O. The molecule has 1 heterocycles. The van der Waals surface area contributed by atoms with Crippen molar-refractivity contribution in [2.24, 2.45) is 10.8 Å². The molecule has 2 fully saturated rings. The van der Waals surface area contributed by atoms with E-state index in [4.69, 9.17) is 11.6 Å². The predicted octanol–water partition coefficient (Wildman–Crippen LogP) is 4.50. The molecule has 25 heavy (non-hydrogen) atoms. The molecule has 2 aliphatic rings. The van der Waals surface area contributed by atoms with Crippen LogP contribution in [0.3, 0.4) is 0 Å². The van der Waals surface area contributed by atoms with E-state index in [0.717, 1.165) is 38.9 Å². The first-order valence-electron chi connectivity index (χ1n) is 9.16. The Morgan fingerprint density at radius 3 is 2.60 bits per heavy atom. The Morgan fingerprint density at radius 2 is 2.00 bits per heavy atom. The number of rotatable bonds is 4. The van der Waals surface area contributed by atoms with Crippen LogP contribution >= 0.6 is 11.6 Å². The molecule has 1 aromatic rings. The van der Waals surface area contributed by atoms with E-state index in [1.807, 2.05) is 0 Å². The van der Waals surface area contributed by atoms with Gasteiger partial charge in [0.2, 0.25) is 0 Å². The van der Waals surface area contributed by atoms with E-state index in [0.29, 0.717) is 11.0 Å². The molecule has 138 valence electrons. The molecule has 1 amide bonds. The second-order valence-corrected chi connectivity index (χ2v) is 9.34. The van der Waals surface area contributed by atoms with Gasteiger partial charge in [0, 0.05) is 16.6 Å². The molecule has 0 radical (unpaired) electrons. The average Bonchev–Trinajstić information content (AvgIpc) is 3.16. The number of likely N-dealkylation sites (tertiary alicyclic amines) is 1. The second-order valence-electron chi connectivity index (χ2n) is 8.90. The van der Waals surface area contributed by atoms with E-state index in [1.54, 1.807) is 0 Å². The van der Waals surface area contributed by atoms with Crippen molar-refractivity contribution in [2.75, 3.05) is 19.6 Å². The molecule has 1 N–H and O–H groups in total. The van der Waals surface area contributed by atoms with E-state index >= 15 is 0 Å². The maximum absolute atomic E-state index is 13.4. The first kappa shape index (κ1) is 18.7. The molecule has 1 aliphatic carbocycles. The lowest BCUT2D eigenvalue weighted by molar-refractivity contribution is 0.0932. The third kappa shape index (κ3) is 4.73. The molecule has 1 saturated heterocycles. The van der Waals surface area contributed by atoms with Gasteiger partial charge in [-0.15, -0.1) is 0 Å². The van der Waals surface area contributed by atoms with E-state index in [1.165, 1.54) is 24.6 Å². The number of nitrogens with zero attached hydrogens (tertiary/aromatic N) is 1. The number of hydrogen-bond donors (Lipinski definition) is 1. The lowest BCUT2D eigenvalue weighted by Crippen LogP contribution is -2.39. The van der Waals surface area contributed by atoms with Crippen LogP contribution in [-0.4, -0.2) is 36.5 Å². The first-order chi connectivity index (χ1) is 11.7. The van der Waals surface area contributed by atoms with Gasteiger partial charge in [-0.3, -0.25) is 4.79 Å². The van der Waals surface area contributed by atoms with Crippen LogP contribution in [0.5, 0.6) is 0 Å². The fourth-order valence-electron chi connectivity index (χ4n) is 3.75. The van der Waals surface area contributed by atoms with Gasteiger partial charge in [-0.05, 0) is 74.3 Å². The summed E-state index contributed by atoms with van der Waals surface area (Å²) >= 11 is 5.84. The van der Waals surface area contributed by atoms with Gasteiger partial charge >= 0.3 is 0 Å². The average molecular weight is 367 g/mol. The molecule has 0 bridgehead atoms. The fraction of sp³-hybridized carbons (Fsp3) is 0.650. The molecule has 3 rings (SSSR count). The number of amides is 1. The minimum atomic E-state index is -0.477. The van der Waals surface area contributed by atoms with Gasteiger partial charge in [-0.2, -0.15) is 0 Å².